The summed E-state index contributed by atoms with van der Waals surface area (Å²) in [7, 11) is 0. The molecule has 2 aromatic rings. The zero-order valence-corrected chi connectivity index (χ0v) is 16.4. The molecule has 4 aliphatic heterocycles. The van der Waals surface area contributed by atoms with Crippen molar-refractivity contribution in [1.29, 1.82) is 0 Å². The number of aromatic nitrogens is 2. The normalized spacial score (nSPS) is 31.2. The number of imidazole rings is 1. The Morgan fingerprint density at radius 1 is 1.25 bits per heavy atom. The summed E-state index contributed by atoms with van der Waals surface area (Å²) in [4.78, 5) is 22.3. The van der Waals surface area contributed by atoms with E-state index in [2.05, 4.69) is 25.4 Å². The Balaban J connectivity index is 1.40. The first-order valence-electron chi connectivity index (χ1n) is 10.4. The number of phenolic OH excluding ortho intramolecular Hbond substituents is 1. The summed E-state index contributed by atoms with van der Waals surface area (Å²) in [5.41, 5.74) is 1.16. The van der Waals surface area contributed by atoms with Gasteiger partial charge in [0.1, 0.15) is 11.6 Å². The van der Waals surface area contributed by atoms with Crippen LogP contribution < -0.4 is 0 Å². The molecular formula is C22H28N4O2. The lowest BCUT2D eigenvalue weighted by Gasteiger charge is -2.51. The van der Waals surface area contributed by atoms with Gasteiger partial charge in [-0.1, -0.05) is 12.1 Å². The second kappa shape index (κ2) is 6.92. The Kier molecular flexibility index (Phi) is 4.38. The molecule has 0 saturated carbocycles. The SMILES string of the molecule is Cc1nccn1CCC(=O)N1C[C@H](c2cccc(O)c2)[C@H]2[C@@H]1C1CCN2CC1. The van der Waals surface area contributed by atoms with Crippen LogP contribution in [0.25, 0.3) is 0 Å². The van der Waals surface area contributed by atoms with Crippen molar-refractivity contribution in [2.45, 2.75) is 50.7 Å². The van der Waals surface area contributed by atoms with Crippen molar-refractivity contribution in [3.63, 3.8) is 0 Å². The maximum absolute atomic E-state index is 13.3. The first-order valence-corrected chi connectivity index (χ1v) is 10.4. The van der Waals surface area contributed by atoms with Crippen LogP contribution in [-0.4, -0.2) is 62.1 Å². The van der Waals surface area contributed by atoms with Gasteiger partial charge in [0, 0.05) is 43.9 Å². The minimum Gasteiger partial charge on any atom is -0.508 e. The Hall–Kier alpha value is -2.34. The third kappa shape index (κ3) is 2.91. The summed E-state index contributed by atoms with van der Waals surface area (Å²) in [5, 5.41) is 9.99. The molecule has 3 atom stereocenters. The zero-order valence-electron chi connectivity index (χ0n) is 16.4. The summed E-state index contributed by atoms with van der Waals surface area (Å²) in [6.07, 6.45) is 6.63. The number of fused-ring (bicyclic) bond motifs is 2. The lowest BCUT2D eigenvalue weighted by atomic mass is 9.75. The van der Waals surface area contributed by atoms with E-state index in [4.69, 9.17) is 0 Å². The highest BCUT2D eigenvalue weighted by Crippen LogP contribution is 2.47. The van der Waals surface area contributed by atoms with E-state index < -0.39 is 0 Å². The summed E-state index contributed by atoms with van der Waals surface area (Å²) in [6, 6.07) is 8.32. The van der Waals surface area contributed by atoms with Crippen LogP contribution in [0.4, 0.5) is 0 Å². The van der Waals surface area contributed by atoms with E-state index in [0.29, 0.717) is 36.7 Å². The van der Waals surface area contributed by atoms with E-state index in [1.165, 1.54) is 12.8 Å². The van der Waals surface area contributed by atoms with Gasteiger partial charge in [0.2, 0.25) is 5.91 Å². The van der Waals surface area contributed by atoms with E-state index in [1.54, 1.807) is 12.3 Å². The second-order valence-corrected chi connectivity index (χ2v) is 8.52. The fourth-order valence-electron chi connectivity index (χ4n) is 5.75. The zero-order chi connectivity index (χ0) is 19.3. The molecule has 6 heteroatoms. The predicted octanol–water partition coefficient (Wildman–Crippen LogP) is 2.38. The van der Waals surface area contributed by atoms with Crippen molar-refractivity contribution in [2.24, 2.45) is 5.92 Å². The smallest absolute Gasteiger partial charge is 0.224 e. The summed E-state index contributed by atoms with van der Waals surface area (Å²) < 4.78 is 2.05. The molecule has 0 radical (unpaired) electrons. The minimum atomic E-state index is 0.250. The average molecular weight is 380 g/mol. The van der Waals surface area contributed by atoms with E-state index in [1.807, 2.05) is 25.3 Å². The second-order valence-electron chi connectivity index (χ2n) is 8.52. The van der Waals surface area contributed by atoms with Crippen LogP contribution in [0.1, 0.15) is 36.6 Å². The minimum absolute atomic E-state index is 0.250. The highest BCUT2D eigenvalue weighted by molar-refractivity contribution is 5.77. The van der Waals surface area contributed by atoms with Gasteiger partial charge < -0.3 is 14.6 Å². The van der Waals surface area contributed by atoms with Crippen LogP contribution in [-0.2, 0) is 11.3 Å². The molecule has 1 N–H and O–H groups in total. The van der Waals surface area contributed by atoms with E-state index in [0.717, 1.165) is 31.0 Å². The fourth-order valence-corrected chi connectivity index (χ4v) is 5.75. The maximum atomic E-state index is 13.3. The third-order valence-corrected chi connectivity index (χ3v) is 7.10. The van der Waals surface area contributed by atoms with E-state index in [-0.39, 0.29) is 11.8 Å². The summed E-state index contributed by atoms with van der Waals surface area (Å²) in [6.45, 7) is 5.69. The molecule has 28 heavy (non-hydrogen) atoms. The fraction of sp³-hybridized carbons (Fsp3) is 0.545. The molecule has 6 rings (SSSR count). The number of likely N-dealkylation sites (tertiary alicyclic amines) is 1. The third-order valence-electron chi connectivity index (χ3n) is 7.10. The van der Waals surface area contributed by atoms with Crippen molar-refractivity contribution >= 4 is 5.91 Å². The molecule has 0 aliphatic carbocycles. The van der Waals surface area contributed by atoms with Crippen LogP contribution in [0.3, 0.4) is 0 Å². The average Bonchev–Trinajstić information content (AvgIpc) is 3.32. The Labute approximate surface area is 165 Å². The van der Waals surface area contributed by atoms with Crippen molar-refractivity contribution in [3.8, 4) is 5.75 Å². The van der Waals surface area contributed by atoms with Gasteiger partial charge in [0.15, 0.2) is 0 Å². The van der Waals surface area contributed by atoms with Crippen LogP contribution in [0.2, 0.25) is 0 Å². The molecule has 148 valence electrons. The van der Waals surface area contributed by atoms with Gasteiger partial charge in [-0.3, -0.25) is 9.69 Å². The largest absolute Gasteiger partial charge is 0.508 e. The van der Waals surface area contributed by atoms with Gasteiger partial charge in [0.25, 0.3) is 0 Å². The van der Waals surface area contributed by atoms with Gasteiger partial charge in [-0.25, -0.2) is 4.98 Å². The van der Waals surface area contributed by atoms with E-state index >= 15 is 0 Å². The number of phenols is 1. The Bertz CT molecular complexity index is 871. The van der Waals surface area contributed by atoms with E-state index in [9.17, 15) is 9.90 Å². The van der Waals surface area contributed by atoms with Crippen molar-refractivity contribution in [3.05, 3.63) is 48.0 Å². The monoisotopic (exact) mass is 380 g/mol. The highest BCUT2D eigenvalue weighted by atomic mass is 16.3. The van der Waals surface area contributed by atoms with Gasteiger partial charge in [0.05, 0.1) is 6.04 Å². The topological polar surface area (TPSA) is 61.6 Å². The number of rotatable bonds is 4. The Morgan fingerprint density at radius 3 is 2.79 bits per heavy atom. The quantitative estimate of drug-likeness (QED) is 0.885. The number of carbonyl (C=O) groups is 1. The number of hydrogen-bond donors (Lipinski definition) is 1. The summed E-state index contributed by atoms with van der Waals surface area (Å²) >= 11 is 0. The van der Waals surface area contributed by atoms with Gasteiger partial charge in [-0.2, -0.15) is 0 Å². The number of hydrogen-bond acceptors (Lipinski definition) is 4. The number of benzene rings is 1. The maximum Gasteiger partial charge on any atom is 0.224 e. The first-order chi connectivity index (χ1) is 13.6. The molecule has 4 fully saturated rings. The number of amides is 1. The molecule has 6 nitrogen and oxygen atoms in total. The lowest BCUT2D eigenvalue weighted by Crippen LogP contribution is -2.60. The first kappa shape index (κ1) is 17.7. The molecule has 1 amide bonds. The van der Waals surface area contributed by atoms with Crippen LogP contribution >= 0.6 is 0 Å². The number of aromatic hydroxyl groups is 1. The molecule has 0 spiro atoms. The van der Waals surface area contributed by atoms with Crippen molar-refractivity contribution in [1.82, 2.24) is 19.4 Å². The van der Waals surface area contributed by atoms with Crippen molar-refractivity contribution in [2.75, 3.05) is 19.6 Å². The molecule has 1 aromatic heterocycles. The summed E-state index contributed by atoms with van der Waals surface area (Å²) in [5.74, 6) is 2.40. The number of carbonyl (C=O) groups excluding carboxylic acids is 1. The predicted molar refractivity (Wildman–Crippen MR) is 106 cm³/mol. The Morgan fingerprint density at radius 2 is 2.07 bits per heavy atom. The number of piperidine rings is 3. The molecule has 1 aromatic carbocycles. The van der Waals surface area contributed by atoms with Gasteiger partial charge in [-0.15, -0.1) is 0 Å². The molecule has 5 heterocycles. The van der Waals surface area contributed by atoms with Gasteiger partial charge in [-0.05, 0) is 56.5 Å². The van der Waals surface area contributed by atoms with Crippen LogP contribution in [0.5, 0.6) is 5.75 Å². The molecular weight excluding hydrogens is 352 g/mol. The molecule has 4 aliphatic rings. The molecule has 4 saturated heterocycles. The number of nitrogens with zero attached hydrogens (tertiary/aromatic N) is 4. The van der Waals surface area contributed by atoms with Crippen LogP contribution in [0.15, 0.2) is 36.7 Å². The standard InChI is InChI=1S/C22H28N4O2/c1-15-23-8-12-24(15)11-7-20(28)26-14-19(17-3-2-4-18(27)13-17)22-21(26)16-5-9-25(22)10-6-16/h2-4,8,12-13,16,19,21-22,27H,5-7,9-11,14H2,1H3/t19-,21+,22+/m1/s1. The molecule has 2 bridgehead atoms. The lowest BCUT2D eigenvalue weighted by molar-refractivity contribution is -0.136. The van der Waals surface area contributed by atoms with Crippen LogP contribution in [0, 0.1) is 12.8 Å². The molecule has 0 unspecified atom stereocenters. The van der Waals surface area contributed by atoms with Gasteiger partial charge >= 0.3 is 0 Å². The highest BCUT2D eigenvalue weighted by Gasteiger charge is 2.54. The number of aryl methyl sites for hydroxylation is 2. The van der Waals surface area contributed by atoms with Crippen molar-refractivity contribution < 1.29 is 9.90 Å².